The van der Waals surface area contributed by atoms with E-state index in [1.165, 1.54) is 18.4 Å². The third-order valence-corrected chi connectivity index (χ3v) is 11.0. The van der Waals surface area contributed by atoms with Crippen molar-refractivity contribution in [3.63, 3.8) is 0 Å². The fraction of sp³-hybridized carbons (Fsp3) is 0.333. The summed E-state index contributed by atoms with van der Waals surface area (Å²) in [6.07, 6.45) is -2.33. The van der Waals surface area contributed by atoms with Gasteiger partial charge in [0, 0.05) is 25.7 Å². The topological polar surface area (TPSA) is 54.4 Å². The molecular weight excluding hydrogens is 401 g/mol. The van der Waals surface area contributed by atoms with E-state index in [2.05, 4.69) is 9.34 Å². The fourth-order valence-electron chi connectivity index (χ4n) is 3.33. The van der Waals surface area contributed by atoms with Crippen LogP contribution in [0.1, 0.15) is 15.2 Å². The van der Waals surface area contributed by atoms with Crippen molar-refractivity contribution >= 4 is 51.6 Å². The number of carbonyl (C=O) groups is 1. The molecule has 27 heavy (non-hydrogen) atoms. The largest absolute Gasteiger partial charge is 0.465 e. The minimum Gasteiger partial charge on any atom is -0.465 e. The van der Waals surface area contributed by atoms with Crippen LogP contribution in [0, 0.1) is 0 Å². The highest BCUT2D eigenvalue weighted by molar-refractivity contribution is 8.16. The molecule has 0 spiro atoms. The Morgan fingerprint density at radius 3 is 2.67 bits per heavy atom. The summed E-state index contributed by atoms with van der Waals surface area (Å²) in [4.78, 5) is 17.5. The maximum absolute atomic E-state index is 12.1. The summed E-state index contributed by atoms with van der Waals surface area (Å²) in [6.45, 7) is 2.86. The smallest absolute Gasteiger partial charge is 0.348 e. The third-order valence-electron chi connectivity index (χ3n) is 4.72. The van der Waals surface area contributed by atoms with E-state index in [0.29, 0.717) is 18.1 Å². The molecule has 142 valence electrons. The van der Waals surface area contributed by atoms with Crippen LogP contribution in [-0.4, -0.2) is 61.6 Å². The highest BCUT2D eigenvalue weighted by Gasteiger charge is 2.41. The normalized spacial score (nSPS) is 22.9. The summed E-state index contributed by atoms with van der Waals surface area (Å²) in [5.74, 6) is 0.494. The number of hydrogen-bond acceptors (Lipinski definition) is 6. The molecule has 6 nitrogen and oxygen atoms in total. The van der Waals surface area contributed by atoms with Gasteiger partial charge >= 0.3 is 5.97 Å². The van der Waals surface area contributed by atoms with Crippen LogP contribution < -0.4 is 5.30 Å². The number of amidine groups is 1. The predicted molar refractivity (Wildman–Crippen MR) is 112 cm³/mol. The molecule has 2 aliphatic rings. The molecule has 0 radical (unpaired) electrons. The van der Waals surface area contributed by atoms with Gasteiger partial charge in [0.25, 0.3) is 0 Å². The number of esters is 1. The number of benzene rings is 1. The molecule has 0 aliphatic carbocycles. The first-order valence-corrected chi connectivity index (χ1v) is 12.1. The first-order valence-electron chi connectivity index (χ1n) is 8.60. The van der Waals surface area contributed by atoms with Crippen LogP contribution in [0.5, 0.6) is 0 Å². The molecule has 0 amide bonds. The summed E-state index contributed by atoms with van der Waals surface area (Å²) >= 11 is 7.69. The lowest BCUT2D eigenvalue weighted by Gasteiger charge is -2.45. The number of fused-ring (bicyclic) bond motifs is 1. The molecule has 0 N–H and O–H groups in total. The van der Waals surface area contributed by atoms with Gasteiger partial charge in [-0.1, -0.05) is 42.1 Å². The van der Waals surface area contributed by atoms with E-state index in [1.807, 2.05) is 43.4 Å². The van der Waals surface area contributed by atoms with E-state index in [9.17, 15) is 4.79 Å². The van der Waals surface area contributed by atoms with Gasteiger partial charge in [0.2, 0.25) is 0 Å². The molecule has 1 saturated heterocycles. The summed E-state index contributed by atoms with van der Waals surface area (Å²) in [5, 5.41) is 1.77. The van der Waals surface area contributed by atoms with Crippen molar-refractivity contribution in [1.29, 1.82) is 0 Å². The van der Waals surface area contributed by atoms with Crippen molar-refractivity contribution in [1.82, 2.24) is 9.34 Å². The van der Waals surface area contributed by atoms with Gasteiger partial charge in [-0.15, -0.1) is 11.3 Å². The van der Waals surface area contributed by atoms with Crippen molar-refractivity contribution in [2.75, 3.05) is 40.5 Å². The lowest BCUT2D eigenvalue weighted by Crippen LogP contribution is -2.44. The molecule has 1 atom stereocenters. The standard InChI is InChI=1S/C18H20N3O3PS2/c1-20-16(13-6-4-3-5-7-13)19-17-14(12-15(27-17)18(22)23-2)25(20,26)21-8-10-24-11-9-21/h3-7,12H,8-11H2,1-2H3. The summed E-state index contributed by atoms with van der Waals surface area (Å²) < 4.78 is 14.9. The zero-order valence-electron chi connectivity index (χ0n) is 15.1. The van der Waals surface area contributed by atoms with Crippen molar-refractivity contribution in [2.24, 2.45) is 4.99 Å². The van der Waals surface area contributed by atoms with Crippen molar-refractivity contribution in [3.05, 3.63) is 46.8 Å². The first kappa shape index (κ1) is 18.8. The Hall–Kier alpha value is -1.57. The van der Waals surface area contributed by atoms with Crippen LogP contribution in [0.2, 0.25) is 0 Å². The van der Waals surface area contributed by atoms with Crippen LogP contribution in [0.15, 0.2) is 41.4 Å². The van der Waals surface area contributed by atoms with Gasteiger partial charge in [-0.25, -0.2) is 9.79 Å². The molecule has 3 heterocycles. The summed E-state index contributed by atoms with van der Waals surface area (Å²) in [6, 6.07) is 11.9. The van der Waals surface area contributed by atoms with E-state index in [-0.39, 0.29) is 5.97 Å². The third kappa shape index (κ3) is 3.15. The molecule has 9 heteroatoms. The van der Waals surface area contributed by atoms with E-state index in [4.69, 9.17) is 26.3 Å². The second kappa shape index (κ2) is 7.45. The Morgan fingerprint density at radius 1 is 1.30 bits per heavy atom. The molecule has 1 fully saturated rings. The predicted octanol–water partition coefficient (Wildman–Crippen LogP) is 2.83. The maximum Gasteiger partial charge on any atom is 0.348 e. The van der Waals surface area contributed by atoms with Crippen LogP contribution in [0.4, 0.5) is 5.00 Å². The molecular formula is C18H20N3O3PS2. The molecule has 2 aliphatic heterocycles. The molecule has 0 bridgehead atoms. The van der Waals surface area contributed by atoms with Gasteiger partial charge in [0.15, 0.2) is 0 Å². The number of methoxy groups -OCH3 is 1. The number of rotatable bonds is 3. The zero-order valence-corrected chi connectivity index (χ0v) is 17.7. The number of carbonyl (C=O) groups excluding carboxylic acids is 1. The second-order valence-corrected chi connectivity index (χ2v) is 11.5. The molecule has 1 aromatic heterocycles. The summed E-state index contributed by atoms with van der Waals surface area (Å²) in [5.41, 5.74) is 1.01. The molecule has 1 aromatic carbocycles. The van der Waals surface area contributed by atoms with Crippen molar-refractivity contribution < 1.29 is 14.3 Å². The van der Waals surface area contributed by atoms with Crippen LogP contribution >= 0.6 is 17.7 Å². The van der Waals surface area contributed by atoms with Crippen LogP contribution in [0.25, 0.3) is 0 Å². The number of morpholine rings is 1. The average Bonchev–Trinajstić information content (AvgIpc) is 3.16. The number of aliphatic imine (C=N–C) groups is 1. The number of thiophene rings is 1. The molecule has 1 unspecified atom stereocenters. The molecule has 2 aromatic rings. The SMILES string of the molecule is COC(=O)c1cc2c(s1)N=C(c1ccccc1)N(C)P2(=S)N1CCOCC1. The first-order chi connectivity index (χ1) is 13.1. The van der Waals surface area contributed by atoms with Gasteiger partial charge in [-0.05, 0) is 6.07 Å². The minimum atomic E-state index is -2.33. The van der Waals surface area contributed by atoms with Crippen molar-refractivity contribution in [2.45, 2.75) is 0 Å². The lowest BCUT2D eigenvalue weighted by atomic mass is 10.2. The van der Waals surface area contributed by atoms with Crippen LogP contribution in [0.3, 0.4) is 0 Å². The average molecular weight is 421 g/mol. The van der Waals surface area contributed by atoms with E-state index >= 15 is 0 Å². The zero-order chi connectivity index (χ0) is 19.0. The lowest BCUT2D eigenvalue weighted by molar-refractivity contribution is 0.0606. The Labute approximate surface area is 167 Å². The van der Waals surface area contributed by atoms with E-state index in [1.54, 1.807) is 0 Å². The van der Waals surface area contributed by atoms with Crippen molar-refractivity contribution in [3.8, 4) is 0 Å². The second-order valence-electron chi connectivity index (χ2n) is 6.23. The fourth-order valence-corrected chi connectivity index (χ4v) is 8.82. The quantitative estimate of drug-likeness (QED) is 0.561. The highest BCUT2D eigenvalue weighted by Crippen LogP contribution is 2.58. The maximum atomic E-state index is 12.1. The molecule has 4 rings (SSSR count). The van der Waals surface area contributed by atoms with Gasteiger partial charge in [0.1, 0.15) is 22.1 Å². The van der Waals surface area contributed by atoms with Gasteiger partial charge in [-0.2, -0.15) is 0 Å². The Balaban J connectivity index is 1.89. The minimum absolute atomic E-state index is 0.350. The number of nitrogens with zero attached hydrogens (tertiary/aromatic N) is 3. The molecule has 0 saturated carbocycles. The monoisotopic (exact) mass is 421 g/mol. The van der Waals surface area contributed by atoms with E-state index < -0.39 is 6.34 Å². The Morgan fingerprint density at radius 2 is 2.00 bits per heavy atom. The van der Waals surface area contributed by atoms with Gasteiger partial charge < -0.3 is 14.1 Å². The Kier molecular flexibility index (Phi) is 5.18. The number of hydrogen-bond donors (Lipinski definition) is 0. The van der Waals surface area contributed by atoms with Gasteiger partial charge in [-0.3, -0.25) is 4.67 Å². The summed E-state index contributed by atoms with van der Waals surface area (Å²) in [7, 11) is 3.41. The Bertz CT molecular complexity index is 939. The number of ether oxygens (including phenoxy) is 2. The highest BCUT2D eigenvalue weighted by atomic mass is 32.4. The van der Waals surface area contributed by atoms with Crippen LogP contribution in [-0.2, 0) is 21.3 Å². The van der Waals surface area contributed by atoms with Gasteiger partial charge in [0.05, 0.1) is 25.6 Å². The van der Waals surface area contributed by atoms with E-state index in [0.717, 1.165) is 34.8 Å².